The van der Waals surface area contributed by atoms with E-state index < -0.39 is 5.54 Å². The smallest absolute Gasteiger partial charge is 0.325 e. The standard InChI is InChI=1S/C20H28N4O2/c1-2-24-19(26)21-18(25)20(24)9-13-22(14-10-20)15-16-5-7-17(8-6-16)23-11-3-4-12-23/h5-8H,2-4,9-15H2,1H3,(H,21,25,26). The molecule has 3 fully saturated rings. The lowest BCUT2D eigenvalue weighted by Crippen LogP contribution is -2.56. The molecule has 1 aromatic carbocycles. The number of amides is 3. The molecule has 4 rings (SSSR count). The fourth-order valence-electron chi connectivity index (χ4n) is 4.67. The van der Waals surface area contributed by atoms with Crippen molar-refractivity contribution in [2.45, 2.75) is 44.7 Å². The van der Waals surface area contributed by atoms with Crippen LogP contribution in [0, 0.1) is 0 Å². The van der Waals surface area contributed by atoms with Crippen LogP contribution in [0.25, 0.3) is 0 Å². The highest BCUT2D eigenvalue weighted by atomic mass is 16.2. The van der Waals surface area contributed by atoms with Gasteiger partial charge in [-0.25, -0.2) is 4.79 Å². The molecule has 3 aliphatic rings. The number of benzene rings is 1. The largest absolute Gasteiger partial charge is 0.372 e. The molecule has 26 heavy (non-hydrogen) atoms. The van der Waals surface area contributed by atoms with E-state index in [2.05, 4.69) is 39.4 Å². The van der Waals surface area contributed by atoms with E-state index in [4.69, 9.17) is 0 Å². The first-order chi connectivity index (χ1) is 12.6. The van der Waals surface area contributed by atoms with Crippen LogP contribution in [-0.2, 0) is 11.3 Å². The Morgan fingerprint density at radius 1 is 1.00 bits per heavy atom. The Labute approximate surface area is 155 Å². The molecule has 6 nitrogen and oxygen atoms in total. The summed E-state index contributed by atoms with van der Waals surface area (Å²) in [6.45, 7) is 7.43. The number of piperidine rings is 1. The monoisotopic (exact) mass is 356 g/mol. The number of hydrogen-bond acceptors (Lipinski definition) is 4. The van der Waals surface area contributed by atoms with Crippen molar-refractivity contribution in [2.24, 2.45) is 0 Å². The van der Waals surface area contributed by atoms with Gasteiger partial charge in [-0.2, -0.15) is 0 Å². The van der Waals surface area contributed by atoms with E-state index in [9.17, 15) is 9.59 Å². The van der Waals surface area contributed by atoms with Gasteiger partial charge in [0.15, 0.2) is 0 Å². The molecule has 0 radical (unpaired) electrons. The highest BCUT2D eigenvalue weighted by Crippen LogP contribution is 2.33. The van der Waals surface area contributed by atoms with Crippen molar-refractivity contribution >= 4 is 17.6 Å². The number of urea groups is 1. The minimum Gasteiger partial charge on any atom is -0.372 e. The number of nitrogens with one attached hydrogen (secondary N) is 1. The first-order valence-corrected chi connectivity index (χ1v) is 9.82. The Morgan fingerprint density at radius 3 is 2.27 bits per heavy atom. The van der Waals surface area contributed by atoms with Crippen LogP contribution in [0.4, 0.5) is 10.5 Å². The lowest BCUT2D eigenvalue weighted by Gasteiger charge is -2.41. The van der Waals surface area contributed by atoms with Gasteiger partial charge in [-0.15, -0.1) is 0 Å². The van der Waals surface area contributed by atoms with Crippen molar-refractivity contribution in [2.75, 3.05) is 37.6 Å². The van der Waals surface area contributed by atoms with Crippen molar-refractivity contribution in [3.8, 4) is 0 Å². The number of nitrogens with zero attached hydrogens (tertiary/aromatic N) is 3. The number of hydrogen-bond donors (Lipinski definition) is 1. The van der Waals surface area contributed by atoms with E-state index in [1.54, 1.807) is 4.90 Å². The van der Waals surface area contributed by atoms with Gasteiger partial charge in [-0.05, 0) is 50.3 Å². The zero-order chi connectivity index (χ0) is 18.1. The molecule has 0 aliphatic carbocycles. The average Bonchev–Trinajstić information content (AvgIpc) is 3.25. The van der Waals surface area contributed by atoms with E-state index in [1.165, 1.54) is 37.2 Å². The summed E-state index contributed by atoms with van der Waals surface area (Å²) in [6, 6.07) is 8.68. The first kappa shape index (κ1) is 17.3. The Kier molecular flexibility index (Phi) is 4.61. The fraction of sp³-hybridized carbons (Fsp3) is 0.600. The normalized spacial score (nSPS) is 23.1. The molecule has 0 aromatic heterocycles. The van der Waals surface area contributed by atoms with Crippen LogP contribution < -0.4 is 10.2 Å². The predicted octanol–water partition coefficient (Wildman–Crippen LogP) is 2.19. The molecule has 140 valence electrons. The van der Waals surface area contributed by atoms with E-state index >= 15 is 0 Å². The van der Waals surface area contributed by atoms with E-state index in [-0.39, 0.29) is 11.9 Å². The number of likely N-dealkylation sites (N-methyl/N-ethyl adjacent to an activating group) is 1. The number of carbonyl (C=O) groups excluding carboxylic acids is 2. The quantitative estimate of drug-likeness (QED) is 0.841. The highest BCUT2D eigenvalue weighted by Gasteiger charge is 2.53. The molecular formula is C20H28N4O2. The summed E-state index contributed by atoms with van der Waals surface area (Å²) in [5, 5.41) is 2.50. The molecule has 0 bridgehead atoms. The van der Waals surface area contributed by atoms with Gasteiger partial charge in [0.1, 0.15) is 5.54 Å². The Hall–Kier alpha value is -2.08. The molecule has 6 heteroatoms. The van der Waals surface area contributed by atoms with Crippen LogP contribution in [0.2, 0.25) is 0 Å². The van der Waals surface area contributed by atoms with Crippen molar-refractivity contribution in [1.29, 1.82) is 0 Å². The molecule has 0 atom stereocenters. The summed E-state index contributed by atoms with van der Waals surface area (Å²) in [4.78, 5) is 30.9. The molecule has 0 unspecified atom stereocenters. The van der Waals surface area contributed by atoms with Crippen LogP contribution >= 0.6 is 0 Å². The third kappa shape index (κ3) is 2.96. The third-order valence-electron chi connectivity index (χ3n) is 6.22. The van der Waals surface area contributed by atoms with Gasteiger partial charge in [0.25, 0.3) is 5.91 Å². The summed E-state index contributed by atoms with van der Waals surface area (Å²) in [6.07, 6.45) is 4.01. The van der Waals surface area contributed by atoms with Crippen LogP contribution in [0.3, 0.4) is 0 Å². The van der Waals surface area contributed by atoms with Gasteiger partial charge in [0, 0.05) is 45.0 Å². The van der Waals surface area contributed by atoms with E-state index in [0.29, 0.717) is 19.4 Å². The first-order valence-electron chi connectivity index (χ1n) is 9.82. The summed E-state index contributed by atoms with van der Waals surface area (Å²) in [5.74, 6) is -0.112. The maximum absolute atomic E-state index is 12.4. The van der Waals surface area contributed by atoms with Crippen LogP contribution in [0.15, 0.2) is 24.3 Å². The zero-order valence-corrected chi connectivity index (χ0v) is 15.5. The number of imide groups is 1. The second-order valence-corrected chi connectivity index (χ2v) is 7.67. The molecule has 3 aliphatic heterocycles. The highest BCUT2D eigenvalue weighted by molar-refractivity contribution is 6.07. The van der Waals surface area contributed by atoms with Crippen molar-refractivity contribution < 1.29 is 9.59 Å². The maximum Gasteiger partial charge on any atom is 0.325 e. The summed E-state index contributed by atoms with van der Waals surface area (Å²) in [7, 11) is 0. The van der Waals surface area contributed by atoms with Gasteiger partial charge < -0.3 is 9.80 Å². The maximum atomic E-state index is 12.4. The molecule has 0 saturated carbocycles. The van der Waals surface area contributed by atoms with Gasteiger partial charge in [-0.1, -0.05) is 12.1 Å². The van der Waals surface area contributed by atoms with Crippen molar-refractivity contribution in [3.05, 3.63) is 29.8 Å². The van der Waals surface area contributed by atoms with Crippen LogP contribution in [-0.4, -0.2) is 60.0 Å². The molecule has 3 amide bonds. The van der Waals surface area contributed by atoms with E-state index in [0.717, 1.165) is 19.6 Å². The summed E-state index contributed by atoms with van der Waals surface area (Å²) >= 11 is 0. The number of anilines is 1. The summed E-state index contributed by atoms with van der Waals surface area (Å²) < 4.78 is 0. The SMILES string of the molecule is CCN1C(=O)NC(=O)C12CCN(Cc1ccc(N3CCCC3)cc1)CC2. The van der Waals surface area contributed by atoms with Gasteiger partial charge in [0.05, 0.1) is 0 Å². The second-order valence-electron chi connectivity index (χ2n) is 7.67. The number of likely N-dealkylation sites (tertiary alicyclic amines) is 1. The molecular weight excluding hydrogens is 328 g/mol. The Balaban J connectivity index is 1.36. The minimum absolute atomic E-state index is 0.112. The molecule has 1 spiro atoms. The minimum atomic E-state index is -0.623. The molecule has 1 N–H and O–H groups in total. The number of carbonyl (C=O) groups is 2. The zero-order valence-electron chi connectivity index (χ0n) is 15.5. The Morgan fingerprint density at radius 2 is 1.65 bits per heavy atom. The average molecular weight is 356 g/mol. The fourth-order valence-corrected chi connectivity index (χ4v) is 4.67. The third-order valence-corrected chi connectivity index (χ3v) is 6.22. The van der Waals surface area contributed by atoms with Gasteiger partial charge in [-0.3, -0.25) is 15.0 Å². The molecule has 3 heterocycles. The van der Waals surface area contributed by atoms with Gasteiger partial charge >= 0.3 is 6.03 Å². The molecule has 3 saturated heterocycles. The number of rotatable bonds is 4. The van der Waals surface area contributed by atoms with Crippen LogP contribution in [0.5, 0.6) is 0 Å². The van der Waals surface area contributed by atoms with Crippen molar-refractivity contribution in [3.63, 3.8) is 0 Å². The summed E-state index contributed by atoms with van der Waals surface area (Å²) in [5.41, 5.74) is 2.01. The van der Waals surface area contributed by atoms with Crippen molar-refractivity contribution in [1.82, 2.24) is 15.1 Å². The topological polar surface area (TPSA) is 55.9 Å². The second kappa shape index (κ2) is 6.91. The van der Waals surface area contributed by atoms with Gasteiger partial charge in [0.2, 0.25) is 0 Å². The van der Waals surface area contributed by atoms with Crippen LogP contribution in [0.1, 0.15) is 38.2 Å². The predicted molar refractivity (Wildman–Crippen MR) is 101 cm³/mol. The Bertz CT molecular complexity index is 674. The lowest BCUT2D eigenvalue weighted by molar-refractivity contribution is -0.129. The lowest BCUT2D eigenvalue weighted by atomic mass is 9.86. The van der Waals surface area contributed by atoms with E-state index in [1.807, 2.05) is 6.92 Å². The molecule has 1 aromatic rings.